The largest absolute Gasteiger partial charge is 0.508 e. The molecule has 1 aliphatic heterocycles. The van der Waals surface area contributed by atoms with Crippen LogP contribution in [0.4, 0.5) is 4.39 Å². The Morgan fingerprint density at radius 1 is 1.20 bits per heavy atom. The minimum absolute atomic E-state index is 0.0694. The molecule has 2 heterocycles. The van der Waals surface area contributed by atoms with E-state index in [0.29, 0.717) is 30.4 Å². The van der Waals surface area contributed by atoms with Gasteiger partial charge in [0.2, 0.25) is 5.76 Å². The molecular weight excluding hydrogens is 325 g/mol. The highest BCUT2D eigenvalue weighted by Crippen LogP contribution is 2.34. The van der Waals surface area contributed by atoms with Crippen molar-refractivity contribution in [1.29, 1.82) is 0 Å². The third kappa shape index (κ3) is 3.16. The van der Waals surface area contributed by atoms with Crippen LogP contribution in [0, 0.1) is 5.82 Å². The van der Waals surface area contributed by atoms with Gasteiger partial charge in [-0.2, -0.15) is 5.10 Å². The number of allylic oxidation sites excluding steroid dienone is 1. The maximum Gasteiger partial charge on any atom is 0.209 e. The maximum atomic E-state index is 12.9. The highest BCUT2D eigenvalue weighted by molar-refractivity contribution is 5.63. The number of nitrogens with zero attached hydrogens (tertiary/aromatic N) is 2. The summed E-state index contributed by atoms with van der Waals surface area (Å²) in [6.07, 6.45) is 1.65. The minimum atomic E-state index is -0.278. The minimum Gasteiger partial charge on any atom is -0.508 e. The zero-order valence-electron chi connectivity index (χ0n) is 13.1. The van der Waals surface area contributed by atoms with Gasteiger partial charge >= 0.3 is 0 Å². The number of aromatic amines is 1. The molecule has 0 amide bonds. The summed E-state index contributed by atoms with van der Waals surface area (Å²) in [5.74, 6) is 1.70. The van der Waals surface area contributed by atoms with Crippen LogP contribution >= 0.6 is 0 Å². The van der Waals surface area contributed by atoms with Gasteiger partial charge in [0.1, 0.15) is 36.0 Å². The third-order valence-electron chi connectivity index (χ3n) is 3.81. The van der Waals surface area contributed by atoms with Gasteiger partial charge in [-0.25, -0.2) is 9.37 Å². The molecule has 126 valence electrons. The second kappa shape index (κ2) is 6.27. The molecule has 0 aliphatic carbocycles. The molecule has 6 nitrogen and oxygen atoms in total. The summed E-state index contributed by atoms with van der Waals surface area (Å²) in [5.41, 5.74) is 1.67. The van der Waals surface area contributed by atoms with Crippen molar-refractivity contribution in [1.82, 2.24) is 15.2 Å². The third-order valence-corrected chi connectivity index (χ3v) is 3.81. The van der Waals surface area contributed by atoms with Crippen LogP contribution in [0.25, 0.3) is 5.76 Å². The Morgan fingerprint density at radius 3 is 2.80 bits per heavy atom. The lowest BCUT2D eigenvalue weighted by molar-refractivity contribution is 0.304. The van der Waals surface area contributed by atoms with Crippen LogP contribution in [0.5, 0.6) is 11.5 Å². The molecule has 4 rings (SSSR count). The van der Waals surface area contributed by atoms with E-state index < -0.39 is 0 Å². The molecule has 0 fully saturated rings. The molecule has 1 aliphatic rings. The van der Waals surface area contributed by atoms with E-state index in [9.17, 15) is 9.50 Å². The molecule has 0 radical (unpaired) electrons. The Morgan fingerprint density at radius 2 is 2.04 bits per heavy atom. The molecule has 0 spiro atoms. The first-order chi connectivity index (χ1) is 12.2. The normalized spacial score (nSPS) is 13.3. The molecule has 1 aromatic heterocycles. The van der Waals surface area contributed by atoms with Crippen molar-refractivity contribution in [2.75, 3.05) is 0 Å². The second-order valence-electron chi connectivity index (χ2n) is 5.57. The van der Waals surface area contributed by atoms with Gasteiger partial charge in [-0.05, 0) is 35.9 Å². The number of aromatic nitrogens is 3. The second-order valence-corrected chi connectivity index (χ2v) is 5.57. The monoisotopic (exact) mass is 339 g/mol. The lowest BCUT2D eigenvalue weighted by atomic mass is 10.1. The van der Waals surface area contributed by atoms with Crippen LogP contribution in [-0.4, -0.2) is 20.3 Å². The Kier molecular flexibility index (Phi) is 3.81. The molecule has 0 unspecified atom stereocenters. The van der Waals surface area contributed by atoms with Gasteiger partial charge in [-0.15, -0.1) is 0 Å². The van der Waals surface area contributed by atoms with Crippen LogP contribution in [0.3, 0.4) is 0 Å². The Labute approximate surface area is 142 Å². The van der Waals surface area contributed by atoms with Crippen molar-refractivity contribution in [3.05, 3.63) is 77.3 Å². The molecule has 2 N–H and O–H groups in total. The number of H-pyrrole nitrogens is 1. The molecule has 25 heavy (non-hydrogen) atoms. The van der Waals surface area contributed by atoms with Gasteiger partial charge in [0.25, 0.3) is 0 Å². The van der Waals surface area contributed by atoms with Crippen molar-refractivity contribution in [3.63, 3.8) is 0 Å². The smallest absolute Gasteiger partial charge is 0.209 e. The SMILES string of the molecule is OC1=C(c2ncn[nH]2)Oc2ccc(OCc3ccc(F)cc3)cc2C1. The topological polar surface area (TPSA) is 80.3 Å². The van der Waals surface area contributed by atoms with E-state index in [1.54, 1.807) is 24.3 Å². The Hall–Kier alpha value is -3.35. The fourth-order valence-electron chi connectivity index (χ4n) is 2.56. The zero-order valence-corrected chi connectivity index (χ0v) is 13.1. The molecule has 0 saturated heterocycles. The molecule has 0 saturated carbocycles. The Balaban J connectivity index is 1.50. The lowest BCUT2D eigenvalue weighted by Gasteiger charge is -2.20. The van der Waals surface area contributed by atoms with Crippen molar-refractivity contribution in [2.24, 2.45) is 0 Å². The van der Waals surface area contributed by atoms with E-state index in [2.05, 4.69) is 15.2 Å². The van der Waals surface area contributed by atoms with E-state index in [0.717, 1.165) is 11.1 Å². The van der Waals surface area contributed by atoms with Crippen LogP contribution in [0.2, 0.25) is 0 Å². The summed E-state index contributed by atoms with van der Waals surface area (Å²) >= 11 is 0. The lowest BCUT2D eigenvalue weighted by Crippen LogP contribution is -2.11. The summed E-state index contributed by atoms with van der Waals surface area (Å²) in [4.78, 5) is 3.99. The summed E-state index contributed by atoms with van der Waals surface area (Å²) in [5, 5.41) is 16.6. The molecule has 7 heteroatoms. The predicted molar refractivity (Wildman–Crippen MR) is 87.4 cm³/mol. The zero-order chi connectivity index (χ0) is 17.2. The standard InChI is InChI=1S/C18H14FN3O3/c19-13-3-1-11(2-4-13)9-24-14-5-6-16-12(7-14)8-15(23)17(25-16)18-20-10-21-22-18/h1-7,10,23H,8-9H2,(H,20,21,22). The first-order valence-electron chi connectivity index (χ1n) is 7.65. The van der Waals surface area contributed by atoms with E-state index in [-0.39, 0.29) is 17.3 Å². The van der Waals surface area contributed by atoms with Gasteiger partial charge in [0.15, 0.2) is 5.82 Å². The highest BCUT2D eigenvalue weighted by atomic mass is 19.1. The molecule has 0 atom stereocenters. The number of fused-ring (bicyclic) bond motifs is 1. The maximum absolute atomic E-state index is 12.9. The first-order valence-corrected chi connectivity index (χ1v) is 7.65. The summed E-state index contributed by atoms with van der Waals surface area (Å²) in [7, 11) is 0. The van der Waals surface area contributed by atoms with E-state index in [4.69, 9.17) is 9.47 Å². The van der Waals surface area contributed by atoms with Gasteiger partial charge < -0.3 is 14.6 Å². The van der Waals surface area contributed by atoms with Crippen LogP contribution in [0.15, 0.2) is 54.6 Å². The quantitative estimate of drug-likeness (QED) is 0.762. The summed E-state index contributed by atoms with van der Waals surface area (Å²) < 4.78 is 24.4. The summed E-state index contributed by atoms with van der Waals surface area (Å²) in [6, 6.07) is 11.5. The predicted octanol–water partition coefficient (Wildman–Crippen LogP) is 3.38. The van der Waals surface area contributed by atoms with Crippen LogP contribution in [-0.2, 0) is 13.0 Å². The number of rotatable bonds is 4. The fourth-order valence-corrected chi connectivity index (χ4v) is 2.56. The van der Waals surface area contributed by atoms with Crippen molar-refractivity contribution < 1.29 is 19.0 Å². The molecule has 3 aromatic rings. The number of aliphatic hydroxyl groups excluding tert-OH is 1. The number of aliphatic hydroxyl groups is 1. The fraction of sp³-hybridized carbons (Fsp3) is 0.111. The number of halogens is 1. The Bertz CT molecular complexity index is 921. The van der Waals surface area contributed by atoms with Crippen molar-refractivity contribution in [2.45, 2.75) is 13.0 Å². The van der Waals surface area contributed by atoms with Crippen molar-refractivity contribution >= 4 is 5.76 Å². The number of benzene rings is 2. The number of nitrogens with one attached hydrogen (secondary N) is 1. The molecular formula is C18H14FN3O3. The van der Waals surface area contributed by atoms with E-state index in [1.165, 1.54) is 18.5 Å². The first kappa shape index (κ1) is 15.2. The summed E-state index contributed by atoms with van der Waals surface area (Å²) in [6.45, 7) is 0.324. The molecule has 2 aromatic carbocycles. The van der Waals surface area contributed by atoms with Crippen molar-refractivity contribution in [3.8, 4) is 11.5 Å². The van der Waals surface area contributed by atoms with Gasteiger partial charge in [0.05, 0.1) is 0 Å². The number of ether oxygens (including phenoxy) is 2. The van der Waals surface area contributed by atoms with Gasteiger partial charge in [-0.3, -0.25) is 5.10 Å². The number of hydrogen-bond donors (Lipinski definition) is 2. The van der Waals surface area contributed by atoms with E-state index >= 15 is 0 Å². The van der Waals surface area contributed by atoms with E-state index in [1.807, 2.05) is 6.07 Å². The van der Waals surface area contributed by atoms with Gasteiger partial charge in [-0.1, -0.05) is 12.1 Å². The number of hydrogen-bond acceptors (Lipinski definition) is 5. The average molecular weight is 339 g/mol. The highest BCUT2D eigenvalue weighted by Gasteiger charge is 2.23. The molecule has 0 bridgehead atoms. The van der Waals surface area contributed by atoms with Crippen LogP contribution in [0.1, 0.15) is 17.0 Å². The van der Waals surface area contributed by atoms with Crippen LogP contribution < -0.4 is 9.47 Å². The average Bonchev–Trinajstić information content (AvgIpc) is 3.15. The van der Waals surface area contributed by atoms with Gasteiger partial charge in [0, 0.05) is 12.0 Å².